The van der Waals surface area contributed by atoms with Crippen LogP contribution in [-0.2, 0) is 9.53 Å². The second kappa shape index (κ2) is 4.21. The van der Waals surface area contributed by atoms with Gasteiger partial charge in [-0.3, -0.25) is 0 Å². The zero-order valence-corrected chi connectivity index (χ0v) is 9.61. The summed E-state index contributed by atoms with van der Waals surface area (Å²) in [4.78, 5) is 12.5. The number of aliphatic carboxylic acids is 1. The van der Waals surface area contributed by atoms with Crippen LogP contribution in [0.1, 0.15) is 15.9 Å². The van der Waals surface area contributed by atoms with Crippen molar-refractivity contribution in [3.05, 3.63) is 20.3 Å². The Bertz CT molecular complexity index is 302. The second-order valence-corrected chi connectivity index (χ2v) is 4.65. The van der Waals surface area contributed by atoms with Gasteiger partial charge in [0.25, 0.3) is 0 Å². The predicted molar refractivity (Wildman–Crippen MR) is 54.1 cm³/mol. The first-order valence-electron chi connectivity index (χ1n) is 3.57. The summed E-state index contributed by atoms with van der Waals surface area (Å²) >= 11 is 4.75. The smallest absolute Gasteiger partial charge is 0.338 e. The van der Waals surface area contributed by atoms with Crippen LogP contribution in [0, 0.1) is 6.92 Å². The molecule has 72 valence electrons. The molecule has 0 radical (unpaired) electrons. The van der Waals surface area contributed by atoms with Gasteiger partial charge in [0.05, 0.1) is 0 Å². The zero-order chi connectivity index (χ0) is 10.0. The molecule has 0 saturated heterocycles. The van der Waals surface area contributed by atoms with Crippen LogP contribution < -0.4 is 0 Å². The summed E-state index contributed by atoms with van der Waals surface area (Å²) in [7, 11) is 1.39. The highest BCUT2D eigenvalue weighted by molar-refractivity contribution is 9.10. The van der Waals surface area contributed by atoms with E-state index in [1.807, 2.05) is 6.92 Å². The minimum atomic E-state index is -0.962. The average molecular weight is 265 g/mol. The number of aryl methyl sites for hydroxylation is 1. The molecule has 3 nitrogen and oxygen atoms in total. The minimum absolute atomic E-state index is 0.708. The Morgan fingerprint density at radius 3 is 2.69 bits per heavy atom. The highest BCUT2D eigenvalue weighted by Gasteiger charge is 2.21. The van der Waals surface area contributed by atoms with Crippen LogP contribution in [0.25, 0.3) is 0 Å². The van der Waals surface area contributed by atoms with Crippen molar-refractivity contribution in [1.82, 2.24) is 0 Å². The molecule has 1 atom stereocenters. The maximum Gasteiger partial charge on any atom is 0.338 e. The van der Waals surface area contributed by atoms with Crippen LogP contribution >= 0.6 is 27.3 Å². The Kier molecular flexibility index (Phi) is 3.47. The van der Waals surface area contributed by atoms with Crippen LogP contribution in [0.5, 0.6) is 0 Å². The van der Waals surface area contributed by atoms with E-state index in [1.54, 1.807) is 6.07 Å². The Balaban J connectivity index is 2.98. The predicted octanol–water partition coefficient (Wildman–Crippen LogP) is 2.59. The number of carboxylic acids is 1. The number of carbonyl (C=O) groups is 1. The molecule has 0 aliphatic heterocycles. The SMILES string of the molecule is COC(C(=O)O)c1cc(Br)c(C)s1. The number of halogens is 1. The standard InChI is InChI=1S/C8H9BrO3S/c1-4-5(9)3-6(13-4)7(12-2)8(10)11/h3,7H,1-2H3,(H,10,11). The Hall–Kier alpha value is -0.390. The number of thiophene rings is 1. The normalized spacial score (nSPS) is 12.8. The number of carboxylic acid groups (broad SMARTS) is 1. The molecule has 0 aliphatic rings. The highest BCUT2D eigenvalue weighted by Crippen LogP contribution is 2.31. The Labute approximate surface area is 88.5 Å². The molecule has 0 amide bonds. The van der Waals surface area contributed by atoms with Crippen LogP contribution in [0.4, 0.5) is 0 Å². The van der Waals surface area contributed by atoms with E-state index >= 15 is 0 Å². The number of ether oxygens (including phenoxy) is 1. The fourth-order valence-electron chi connectivity index (χ4n) is 0.949. The van der Waals surface area contributed by atoms with E-state index in [9.17, 15) is 4.79 Å². The molecule has 1 unspecified atom stereocenters. The molecule has 0 spiro atoms. The van der Waals surface area contributed by atoms with Crippen molar-refractivity contribution in [2.45, 2.75) is 13.0 Å². The third-order valence-electron chi connectivity index (χ3n) is 1.59. The monoisotopic (exact) mass is 264 g/mol. The Morgan fingerprint density at radius 1 is 1.77 bits per heavy atom. The van der Waals surface area contributed by atoms with Gasteiger partial charge in [0.1, 0.15) is 0 Å². The lowest BCUT2D eigenvalue weighted by Gasteiger charge is -2.06. The lowest BCUT2D eigenvalue weighted by atomic mass is 10.3. The van der Waals surface area contributed by atoms with E-state index in [2.05, 4.69) is 15.9 Å². The minimum Gasteiger partial charge on any atom is -0.479 e. The van der Waals surface area contributed by atoms with Crippen LogP contribution in [0.2, 0.25) is 0 Å². The van der Waals surface area contributed by atoms with Crippen LogP contribution in [0.3, 0.4) is 0 Å². The zero-order valence-electron chi connectivity index (χ0n) is 7.20. The first-order chi connectivity index (χ1) is 6.06. The van der Waals surface area contributed by atoms with E-state index in [4.69, 9.17) is 9.84 Å². The van der Waals surface area contributed by atoms with Gasteiger partial charge in [0, 0.05) is 21.3 Å². The molecule has 1 rings (SSSR count). The molecule has 1 N–H and O–H groups in total. The largest absolute Gasteiger partial charge is 0.479 e. The summed E-state index contributed by atoms with van der Waals surface area (Å²) in [6.07, 6.45) is -0.852. The number of methoxy groups -OCH3 is 1. The second-order valence-electron chi connectivity index (χ2n) is 2.51. The molecule has 0 saturated carbocycles. The van der Waals surface area contributed by atoms with Gasteiger partial charge in [0.15, 0.2) is 6.10 Å². The van der Waals surface area contributed by atoms with Crippen LogP contribution in [-0.4, -0.2) is 18.2 Å². The molecule has 1 aromatic heterocycles. The van der Waals surface area contributed by atoms with Crippen molar-refractivity contribution in [2.75, 3.05) is 7.11 Å². The lowest BCUT2D eigenvalue weighted by molar-refractivity contribution is -0.148. The van der Waals surface area contributed by atoms with Gasteiger partial charge in [0.2, 0.25) is 0 Å². The first kappa shape index (κ1) is 10.7. The van der Waals surface area contributed by atoms with Crippen molar-refractivity contribution in [2.24, 2.45) is 0 Å². The molecule has 0 bridgehead atoms. The summed E-state index contributed by atoms with van der Waals surface area (Å²) in [5.41, 5.74) is 0. The van der Waals surface area contributed by atoms with Crippen molar-refractivity contribution in [1.29, 1.82) is 0 Å². The molecule has 0 aromatic carbocycles. The maximum atomic E-state index is 10.7. The fraction of sp³-hybridized carbons (Fsp3) is 0.375. The lowest BCUT2D eigenvalue weighted by Crippen LogP contribution is -2.11. The maximum absolute atomic E-state index is 10.7. The molecular formula is C8H9BrO3S. The van der Waals surface area contributed by atoms with Crippen molar-refractivity contribution >= 4 is 33.2 Å². The van der Waals surface area contributed by atoms with Gasteiger partial charge in [-0.15, -0.1) is 11.3 Å². The number of hydrogen-bond donors (Lipinski definition) is 1. The highest BCUT2D eigenvalue weighted by atomic mass is 79.9. The fourth-order valence-corrected chi connectivity index (χ4v) is 2.58. The van der Waals surface area contributed by atoms with Gasteiger partial charge in [-0.1, -0.05) is 0 Å². The molecular weight excluding hydrogens is 256 g/mol. The quantitative estimate of drug-likeness (QED) is 0.913. The van der Waals surface area contributed by atoms with E-state index < -0.39 is 12.1 Å². The van der Waals surface area contributed by atoms with Gasteiger partial charge in [-0.25, -0.2) is 4.79 Å². The summed E-state index contributed by atoms with van der Waals surface area (Å²) in [5, 5.41) is 8.79. The average Bonchev–Trinajstić information content (AvgIpc) is 2.32. The van der Waals surface area contributed by atoms with E-state index in [-0.39, 0.29) is 0 Å². The van der Waals surface area contributed by atoms with Crippen molar-refractivity contribution in [3.8, 4) is 0 Å². The third kappa shape index (κ3) is 2.30. The summed E-state index contributed by atoms with van der Waals surface area (Å²) in [6, 6.07) is 1.78. The first-order valence-corrected chi connectivity index (χ1v) is 5.18. The van der Waals surface area contributed by atoms with Crippen LogP contribution in [0.15, 0.2) is 10.5 Å². The summed E-state index contributed by atoms with van der Waals surface area (Å²) in [5.74, 6) is -0.962. The molecule has 0 fully saturated rings. The topological polar surface area (TPSA) is 46.5 Å². The molecule has 5 heteroatoms. The third-order valence-corrected chi connectivity index (χ3v) is 3.77. The number of hydrogen-bond acceptors (Lipinski definition) is 3. The molecule has 13 heavy (non-hydrogen) atoms. The summed E-state index contributed by atoms with van der Waals surface area (Å²) in [6.45, 7) is 1.92. The van der Waals surface area contributed by atoms with Gasteiger partial charge >= 0.3 is 5.97 Å². The van der Waals surface area contributed by atoms with Crippen molar-refractivity contribution < 1.29 is 14.6 Å². The van der Waals surface area contributed by atoms with E-state index in [1.165, 1.54) is 18.4 Å². The van der Waals surface area contributed by atoms with E-state index in [0.29, 0.717) is 4.88 Å². The molecule has 1 heterocycles. The van der Waals surface area contributed by atoms with Gasteiger partial charge in [-0.2, -0.15) is 0 Å². The summed E-state index contributed by atoms with van der Waals surface area (Å²) < 4.78 is 5.78. The van der Waals surface area contributed by atoms with E-state index in [0.717, 1.165) is 9.35 Å². The Morgan fingerprint density at radius 2 is 2.38 bits per heavy atom. The van der Waals surface area contributed by atoms with Gasteiger partial charge < -0.3 is 9.84 Å². The molecule has 1 aromatic rings. The molecule has 0 aliphatic carbocycles. The van der Waals surface area contributed by atoms with Gasteiger partial charge in [-0.05, 0) is 28.9 Å². The number of rotatable bonds is 3. The van der Waals surface area contributed by atoms with Crippen molar-refractivity contribution in [3.63, 3.8) is 0 Å².